The summed E-state index contributed by atoms with van der Waals surface area (Å²) in [5, 5.41) is 4.50. The SMILES string of the molecule is CCOC(=O)c1c(NC(=O)c2c(Cl)c(C(F)(F)F)nn2C)sc(C(N)=O)c1C. The number of ether oxygens (including phenoxy) is 1. The lowest BCUT2D eigenvalue weighted by Gasteiger charge is -2.07. The second-order valence-electron chi connectivity index (χ2n) is 5.43. The molecule has 2 amide bonds. The van der Waals surface area contributed by atoms with Crippen molar-refractivity contribution in [1.82, 2.24) is 9.78 Å². The molecule has 8 nitrogen and oxygen atoms in total. The molecule has 0 bridgehead atoms. The Kier molecular flexibility index (Phi) is 6.04. The summed E-state index contributed by atoms with van der Waals surface area (Å²) in [6, 6.07) is 0. The van der Waals surface area contributed by atoms with Crippen LogP contribution in [0.1, 0.15) is 48.7 Å². The first-order valence-corrected chi connectivity index (χ1v) is 8.80. The highest BCUT2D eigenvalue weighted by atomic mass is 35.5. The average molecular weight is 439 g/mol. The van der Waals surface area contributed by atoms with E-state index in [0.29, 0.717) is 16.0 Å². The summed E-state index contributed by atoms with van der Waals surface area (Å²) in [6.45, 7) is 3.01. The van der Waals surface area contributed by atoms with Crippen LogP contribution in [-0.2, 0) is 18.0 Å². The number of carbonyl (C=O) groups is 3. The molecule has 0 radical (unpaired) electrons. The smallest absolute Gasteiger partial charge is 0.436 e. The zero-order valence-electron chi connectivity index (χ0n) is 14.7. The van der Waals surface area contributed by atoms with E-state index in [9.17, 15) is 27.6 Å². The molecule has 2 aromatic heterocycles. The summed E-state index contributed by atoms with van der Waals surface area (Å²) in [6.07, 6.45) is -4.86. The Balaban J connectivity index is 2.50. The molecule has 3 N–H and O–H groups in total. The molecule has 2 heterocycles. The van der Waals surface area contributed by atoms with Crippen molar-refractivity contribution in [1.29, 1.82) is 0 Å². The van der Waals surface area contributed by atoms with Crippen molar-refractivity contribution >= 4 is 45.7 Å². The van der Waals surface area contributed by atoms with Gasteiger partial charge in [-0.3, -0.25) is 14.3 Å². The van der Waals surface area contributed by atoms with Gasteiger partial charge in [-0.1, -0.05) is 11.6 Å². The number of amides is 2. The number of aromatic nitrogens is 2. The standard InChI is InChI=1S/C15H14ClF3N4O4S/c1-4-27-14(26)6-5(2)9(11(20)24)28-13(6)21-12(25)8-7(16)10(15(17,18)19)22-23(8)3/h4H2,1-3H3,(H2,20,24)(H,21,25). The maximum absolute atomic E-state index is 12.9. The summed E-state index contributed by atoms with van der Waals surface area (Å²) in [4.78, 5) is 36.3. The summed E-state index contributed by atoms with van der Waals surface area (Å²) in [5.41, 5.74) is 3.32. The molecule has 28 heavy (non-hydrogen) atoms. The minimum Gasteiger partial charge on any atom is -0.462 e. The van der Waals surface area contributed by atoms with Crippen LogP contribution < -0.4 is 11.1 Å². The van der Waals surface area contributed by atoms with E-state index in [1.165, 1.54) is 6.92 Å². The fraction of sp³-hybridized carbons (Fsp3) is 0.333. The predicted octanol–water partition coefficient (Wildman–Crippen LogP) is 2.99. The van der Waals surface area contributed by atoms with Crippen LogP contribution in [0.25, 0.3) is 0 Å². The first-order valence-electron chi connectivity index (χ1n) is 7.61. The summed E-state index contributed by atoms with van der Waals surface area (Å²) >= 11 is 6.38. The van der Waals surface area contributed by atoms with E-state index in [2.05, 4.69) is 10.4 Å². The topological polar surface area (TPSA) is 116 Å². The van der Waals surface area contributed by atoms with Gasteiger partial charge in [0.2, 0.25) is 0 Å². The van der Waals surface area contributed by atoms with Gasteiger partial charge >= 0.3 is 12.1 Å². The van der Waals surface area contributed by atoms with E-state index >= 15 is 0 Å². The van der Waals surface area contributed by atoms with Crippen molar-refractivity contribution in [2.45, 2.75) is 20.0 Å². The number of alkyl halides is 3. The number of hydrogen-bond acceptors (Lipinski definition) is 6. The van der Waals surface area contributed by atoms with Crippen LogP contribution >= 0.6 is 22.9 Å². The van der Waals surface area contributed by atoms with Gasteiger partial charge < -0.3 is 15.8 Å². The van der Waals surface area contributed by atoms with Gasteiger partial charge in [-0.15, -0.1) is 11.3 Å². The summed E-state index contributed by atoms with van der Waals surface area (Å²) < 4.78 is 44.4. The average Bonchev–Trinajstić information content (AvgIpc) is 3.04. The number of aryl methyl sites for hydroxylation is 1. The van der Waals surface area contributed by atoms with Crippen molar-refractivity contribution in [2.75, 3.05) is 11.9 Å². The van der Waals surface area contributed by atoms with Gasteiger partial charge in [0.1, 0.15) is 15.7 Å². The number of hydrogen-bond donors (Lipinski definition) is 2. The van der Waals surface area contributed by atoms with Crippen molar-refractivity contribution < 1.29 is 32.3 Å². The third-order valence-corrected chi connectivity index (χ3v) is 5.13. The van der Waals surface area contributed by atoms with Gasteiger partial charge in [0, 0.05) is 7.05 Å². The summed E-state index contributed by atoms with van der Waals surface area (Å²) in [5.74, 6) is -2.73. The number of anilines is 1. The largest absolute Gasteiger partial charge is 0.462 e. The molecule has 0 atom stereocenters. The molecule has 152 valence electrons. The van der Waals surface area contributed by atoms with Crippen LogP contribution in [0.5, 0.6) is 0 Å². The lowest BCUT2D eigenvalue weighted by Crippen LogP contribution is -2.18. The van der Waals surface area contributed by atoms with Crippen molar-refractivity contribution in [3.63, 3.8) is 0 Å². The molecular formula is C15H14ClF3N4O4S. The Labute approximate surface area is 165 Å². The predicted molar refractivity (Wildman–Crippen MR) is 94.7 cm³/mol. The van der Waals surface area contributed by atoms with E-state index in [4.69, 9.17) is 22.1 Å². The number of nitrogens with zero attached hydrogens (tertiary/aromatic N) is 2. The van der Waals surface area contributed by atoms with Gasteiger partial charge in [0.05, 0.1) is 17.0 Å². The highest BCUT2D eigenvalue weighted by molar-refractivity contribution is 7.18. The zero-order chi connectivity index (χ0) is 21.4. The molecule has 0 saturated carbocycles. The minimum absolute atomic E-state index is 0.00885. The molecule has 0 aliphatic heterocycles. The molecule has 0 aliphatic rings. The number of halogens is 4. The van der Waals surface area contributed by atoms with Gasteiger partial charge in [-0.2, -0.15) is 18.3 Å². The summed E-state index contributed by atoms with van der Waals surface area (Å²) in [7, 11) is 1.11. The molecule has 0 spiro atoms. The van der Waals surface area contributed by atoms with Gasteiger partial charge in [0.25, 0.3) is 11.8 Å². The maximum Gasteiger partial charge on any atom is 0.436 e. The minimum atomic E-state index is -4.86. The van der Waals surface area contributed by atoms with Crippen molar-refractivity contribution in [3.05, 3.63) is 32.4 Å². The zero-order valence-corrected chi connectivity index (χ0v) is 16.3. The lowest BCUT2D eigenvalue weighted by atomic mass is 10.1. The third-order valence-electron chi connectivity index (χ3n) is 3.55. The fourth-order valence-corrected chi connectivity index (χ4v) is 3.77. The van der Waals surface area contributed by atoms with Crippen molar-refractivity contribution in [3.8, 4) is 0 Å². The molecule has 2 aromatic rings. The van der Waals surface area contributed by atoms with Gasteiger partial charge in [-0.05, 0) is 19.4 Å². The van der Waals surface area contributed by atoms with E-state index < -0.39 is 40.4 Å². The number of primary amides is 1. The number of esters is 1. The molecule has 13 heteroatoms. The van der Waals surface area contributed by atoms with E-state index in [1.54, 1.807) is 6.92 Å². The van der Waals surface area contributed by atoms with E-state index in [-0.39, 0.29) is 27.6 Å². The quantitative estimate of drug-likeness (QED) is 0.696. The Morgan fingerprint density at radius 1 is 1.36 bits per heavy atom. The molecule has 0 saturated heterocycles. The van der Waals surface area contributed by atoms with Crippen LogP contribution in [0.4, 0.5) is 18.2 Å². The highest BCUT2D eigenvalue weighted by Crippen LogP contribution is 2.37. The molecule has 0 aromatic carbocycles. The van der Waals surface area contributed by atoms with Crippen LogP contribution in [0, 0.1) is 6.92 Å². The molecule has 0 unspecified atom stereocenters. The number of nitrogens with one attached hydrogen (secondary N) is 1. The normalized spacial score (nSPS) is 11.4. The molecule has 0 aliphatic carbocycles. The second kappa shape index (κ2) is 7.80. The number of nitrogens with two attached hydrogens (primary N) is 1. The van der Waals surface area contributed by atoms with Gasteiger partial charge in [0.15, 0.2) is 5.69 Å². The Bertz CT molecular complexity index is 968. The second-order valence-corrected chi connectivity index (χ2v) is 6.83. The first-order chi connectivity index (χ1) is 12.9. The van der Waals surface area contributed by atoms with E-state index in [1.807, 2.05) is 0 Å². The first kappa shape index (κ1) is 21.7. The van der Waals surface area contributed by atoms with Gasteiger partial charge in [-0.25, -0.2) is 4.79 Å². The van der Waals surface area contributed by atoms with Crippen LogP contribution in [0.3, 0.4) is 0 Å². The lowest BCUT2D eigenvalue weighted by molar-refractivity contribution is -0.141. The molecule has 0 fully saturated rings. The number of carbonyl (C=O) groups excluding carboxylic acids is 3. The fourth-order valence-electron chi connectivity index (χ4n) is 2.37. The Morgan fingerprint density at radius 3 is 2.43 bits per heavy atom. The highest BCUT2D eigenvalue weighted by Gasteiger charge is 2.40. The molecule has 2 rings (SSSR count). The number of rotatable bonds is 5. The van der Waals surface area contributed by atoms with Crippen molar-refractivity contribution in [2.24, 2.45) is 12.8 Å². The van der Waals surface area contributed by atoms with E-state index in [0.717, 1.165) is 7.05 Å². The van der Waals surface area contributed by atoms with Crippen LogP contribution in [0.15, 0.2) is 0 Å². The monoisotopic (exact) mass is 438 g/mol. The molecular weight excluding hydrogens is 425 g/mol. The maximum atomic E-state index is 12.9. The van der Waals surface area contributed by atoms with Crippen LogP contribution in [-0.4, -0.2) is 34.2 Å². The number of thiophene rings is 1. The van der Waals surface area contributed by atoms with Crippen LogP contribution in [0.2, 0.25) is 5.02 Å². The Hall–Kier alpha value is -2.60. The third kappa shape index (κ3) is 3.97. The Morgan fingerprint density at radius 2 is 1.96 bits per heavy atom.